The molecule has 0 aliphatic rings. The molecule has 0 spiro atoms. The maximum Gasteiger partial charge on any atom is 0.306 e. The summed E-state index contributed by atoms with van der Waals surface area (Å²) >= 11 is 1.69. The van der Waals surface area contributed by atoms with Gasteiger partial charge in [-0.3, -0.25) is 9.69 Å². The first-order valence-corrected chi connectivity index (χ1v) is 7.67. The predicted octanol–water partition coefficient (Wildman–Crippen LogP) is 2.31. The van der Waals surface area contributed by atoms with Crippen molar-refractivity contribution in [3.8, 4) is 0 Å². The van der Waals surface area contributed by atoms with Crippen molar-refractivity contribution in [3.63, 3.8) is 0 Å². The zero-order valence-corrected chi connectivity index (χ0v) is 13.2. The summed E-state index contributed by atoms with van der Waals surface area (Å²) < 4.78 is 11.0. The first-order valence-electron chi connectivity index (χ1n) is 6.85. The quantitative estimate of drug-likeness (QED) is 0.700. The zero-order valence-electron chi connectivity index (χ0n) is 12.4. The van der Waals surface area contributed by atoms with Gasteiger partial charge in [0.05, 0.1) is 36.9 Å². The molecule has 2 aromatic rings. The molecule has 1 aromatic carbocycles. The number of hydrogen-bond donors (Lipinski definition) is 0. The van der Waals surface area contributed by atoms with Gasteiger partial charge in [-0.25, -0.2) is 4.98 Å². The molecule has 0 aliphatic carbocycles. The highest BCUT2D eigenvalue weighted by atomic mass is 32.1. The Morgan fingerprint density at radius 3 is 2.81 bits per heavy atom. The van der Waals surface area contributed by atoms with Crippen molar-refractivity contribution < 1.29 is 14.3 Å². The van der Waals surface area contributed by atoms with Gasteiger partial charge in [0, 0.05) is 20.2 Å². The standard InChI is InChI=1S/C15H20N2O3S/c1-19-10-9-17(8-7-15(18)20-2)11-14-16-12-5-3-4-6-13(12)21-14/h3-6H,7-11H2,1-2H3. The number of benzene rings is 1. The summed E-state index contributed by atoms with van der Waals surface area (Å²) in [6.07, 6.45) is 0.380. The van der Waals surface area contributed by atoms with Crippen molar-refractivity contribution >= 4 is 27.5 Å². The molecule has 0 bridgehead atoms. The molecule has 0 N–H and O–H groups in total. The van der Waals surface area contributed by atoms with Crippen LogP contribution in [0.5, 0.6) is 0 Å². The number of ether oxygens (including phenoxy) is 2. The summed E-state index contributed by atoms with van der Waals surface area (Å²) in [5.41, 5.74) is 1.03. The molecule has 0 aliphatic heterocycles. The SMILES string of the molecule is COCCN(CCC(=O)OC)Cc1nc2ccccc2s1. The predicted molar refractivity (Wildman–Crippen MR) is 83.4 cm³/mol. The fourth-order valence-corrected chi connectivity index (χ4v) is 3.03. The van der Waals surface area contributed by atoms with E-state index in [2.05, 4.69) is 16.0 Å². The van der Waals surface area contributed by atoms with Crippen molar-refractivity contribution in [2.45, 2.75) is 13.0 Å². The Morgan fingerprint density at radius 2 is 2.10 bits per heavy atom. The molecule has 2 rings (SSSR count). The minimum atomic E-state index is -0.193. The second kappa shape index (κ2) is 8.07. The molecule has 0 saturated heterocycles. The molecule has 5 nitrogen and oxygen atoms in total. The second-order valence-corrected chi connectivity index (χ2v) is 5.79. The molecule has 0 unspecified atom stereocenters. The molecule has 114 valence electrons. The van der Waals surface area contributed by atoms with Crippen LogP contribution in [0.4, 0.5) is 0 Å². The van der Waals surface area contributed by atoms with E-state index in [1.54, 1.807) is 18.4 Å². The number of carbonyl (C=O) groups is 1. The average Bonchev–Trinajstić information content (AvgIpc) is 2.91. The van der Waals surface area contributed by atoms with E-state index in [-0.39, 0.29) is 5.97 Å². The van der Waals surface area contributed by atoms with Crippen LogP contribution in [-0.2, 0) is 20.8 Å². The summed E-state index contributed by atoms with van der Waals surface area (Å²) in [4.78, 5) is 18.1. The molecular formula is C15H20N2O3S. The Hall–Kier alpha value is -1.50. The van der Waals surface area contributed by atoms with Crippen LogP contribution in [0.25, 0.3) is 10.2 Å². The number of fused-ring (bicyclic) bond motifs is 1. The Labute approximate surface area is 128 Å². The van der Waals surface area contributed by atoms with Crippen LogP contribution in [0.3, 0.4) is 0 Å². The van der Waals surface area contributed by atoms with Gasteiger partial charge in [-0.1, -0.05) is 12.1 Å². The van der Waals surface area contributed by atoms with E-state index in [1.807, 2.05) is 18.2 Å². The largest absolute Gasteiger partial charge is 0.469 e. The van der Waals surface area contributed by atoms with Crippen LogP contribution < -0.4 is 0 Å². The van der Waals surface area contributed by atoms with Crippen LogP contribution in [0.15, 0.2) is 24.3 Å². The number of rotatable bonds is 8. The lowest BCUT2D eigenvalue weighted by Gasteiger charge is -2.19. The van der Waals surface area contributed by atoms with Gasteiger partial charge in [0.2, 0.25) is 0 Å². The molecule has 0 fully saturated rings. The Balaban J connectivity index is 2.00. The van der Waals surface area contributed by atoms with Gasteiger partial charge in [0.1, 0.15) is 5.01 Å². The lowest BCUT2D eigenvalue weighted by molar-refractivity contribution is -0.141. The maximum absolute atomic E-state index is 11.3. The zero-order chi connectivity index (χ0) is 15.1. The van der Waals surface area contributed by atoms with Gasteiger partial charge in [0.15, 0.2) is 0 Å². The van der Waals surface area contributed by atoms with E-state index in [0.717, 1.165) is 23.6 Å². The lowest BCUT2D eigenvalue weighted by Crippen LogP contribution is -2.29. The van der Waals surface area contributed by atoms with E-state index in [4.69, 9.17) is 9.47 Å². The molecule has 0 amide bonds. The van der Waals surface area contributed by atoms with Crippen molar-refractivity contribution in [3.05, 3.63) is 29.3 Å². The van der Waals surface area contributed by atoms with Gasteiger partial charge in [-0.15, -0.1) is 11.3 Å². The third-order valence-corrected chi connectivity index (χ3v) is 4.19. The van der Waals surface area contributed by atoms with Crippen LogP contribution >= 0.6 is 11.3 Å². The molecular weight excluding hydrogens is 288 g/mol. The monoisotopic (exact) mass is 308 g/mol. The first kappa shape index (κ1) is 15.9. The molecule has 1 aromatic heterocycles. The number of thiazole rings is 1. The van der Waals surface area contributed by atoms with E-state index in [1.165, 1.54) is 11.8 Å². The summed E-state index contributed by atoms with van der Waals surface area (Å²) in [5.74, 6) is -0.193. The third-order valence-electron chi connectivity index (χ3n) is 3.17. The number of carbonyl (C=O) groups excluding carboxylic acids is 1. The number of nitrogens with zero attached hydrogens (tertiary/aromatic N) is 2. The second-order valence-electron chi connectivity index (χ2n) is 4.67. The highest BCUT2D eigenvalue weighted by Gasteiger charge is 2.12. The summed E-state index contributed by atoms with van der Waals surface area (Å²) in [7, 11) is 3.09. The van der Waals surface area contributed by atoms with Gasteiger partial charge in [0.25, 0.3) is 0 Å². The first-order chi connectivity index (χ1) is 10.2. The van der Waals surface area contributed by atoms with Crippen molar-refractivity contribution in [1.29, 1.82) is 0 Å². The van der Waals surface area contributed by atoms with Gasteiger partial charge >= 0.3 is 5.97 Å². The molecule has 21 heavy (non-hydrogen) atoms. The Morgan fingerprint density at radius 1 is 1.29 bits per heavy atom. The third kappa shape index (κ3) is 4.77. The fourth-order valence-electron chi connectivity index (χ4n) is 2.02. The van der Waals surface area contributed by atoms with Crippen LogP contribution in [0, 0.1) is 0 Å². The average molecular weight is 308 g/mol. The van der Waals surface area contributed by atoms with E-state index in [0.29, 0.717) is 19.6 Å². The maximum atomic E-state index is 11.3. The number of esters is 1. The summed E-state index contributed by atoms with van der Waals surface area (Å²) in [6, 6.07) is 8.10. The Bertz CT molecular complexity index is 552. The summed E-state index contributed by atoms with van der Waals surface area (Å²) in [5, 5.41) is 1.05. The van der Waals surface area contributed by atoms with Gasteiger partial charge in [-0.2, -0.15) is 0 Å². The molecule has 0 atom stereocenters. The van der Waals surface area contributed by atoms with Crippen LogP contribution in [0.2, 0.25) is 0 Å². The number of para-hydroxylation sites is 1. The highest BCUT2D eigenvalue weighted by Crippen LogP contribution is 2.22. The minimum Gasteiger partial charge on any atom is -0.469 e. The number of hydrogen-bond acceptors (Lipinski definition) is 6. The highest BCUT2D eigenvalue weighted by molar-refractivity contribution is 7.18. The lowest BCUT2D eigenvalue weighted by atomic mass is 10.3. The van der Waals surface area contributed by atoms with E-state index in [9.17, 15) is 4.79 Å². The fraction of sp³-hybridized carbons (Fsp3) is 0.467. The summed E-state index contributed by atoms with van der Waals surface area (Å²) in [6.45, 7) is 2.77. The van der Waals surface area contributed by atoms with Crippen molar-refractivity contribution in [2.24, 2.45) is 0 Å². The smallest absolute Gasteiger partial charge is 0.306 e. The van der Waals surface area contributed by atoms with E-state index < -0.39 is 0 Å². The molecule has 0 saturated carbocycles. The normalized spacial score (nSPS) is 11.2. The van der Waals surface area contributed by atoms with Gasteiger partial charge in [-0.05, 0) is 12.1 Å². The molecule has 0 radical (unpaired) electrons. The van der Waals surface area contributed by atoms with E-state index >= 15 is 0 Å². The minimum absolute atomic E-state index is 0.193. The van der Waals surface area contributed by atoms with Crippen LogP contribution in [-0.4, -0.2) is 49.8 Å². The Kier molecular flexibility index (Phi) is 6.10. The van der Waals surface area contributed by atoms with Crippen LogP contribution in [0.1, 0.15) is 11.4 Å². The van der Waals surface area contributed by atoms with Crippen molar-refractivity contribution in [2.75, 3.05) is 33.9 Å². The molecule has 6 heteroatoms. The van der Waals surface area contributed by atoms with Crippen molar-refractivity contribution in [1.82, 2.24) is 9.88 Å². The number of aromatic nitrogens is 1. The molecule has 1 heterocycles. The van der Waals surface area contributed by atoms with Gasteiger partial charge < -0.3 is 9.47 Å². The number of methoxy groups -OCH3 is 2. The topological polar surface area (TPSA) is 51.7 Å².